The van der Waals surface area contributed by atoms with Crippen LogP contribution in [-0.4, -0.2) is 22.0 Å². The predicted octanol–water partition coefficient (Wildman–Crippen LogP) is 0.374. The summed E-state index contributed by atoms with van der Waals surface area (Å²) in [7, 11) is 0. The quantitative estimate of drug-likeness (QED) is 0.810. The molecule has 0 saturated heterocycles. The molecule has 1 N–H and O–H groups in total. The summed E-state index contributed by atoms with van der Waals surface area (Å²) >= 11 is 1.91. The van der Waals surface area contributed by atoms with Gasteiger partial charge in [0.15, 0.2) is 0 Å². The fraction of sp³-hybridized carbons (Fsp3) is 0.500. The number of hydrogen-bond acceptors (Lipinski definition) is 3. The molecule has 0 aliphatic heterocycles. The van der Waals surface area contributed by atoms with Crippen molar-refractivity contribution in [1.29, 1.82) is 0 Å². The lowest BCUT2D eigenvalue weighted by atomic mass is 10.4. The lowest BCUT2D eigenvalue weighted by molar-refractivity contribution is -0.121. The Morgan fingerprint density at radius 2 is 2.38 bits per heavy atom. The molecule has 0 unspecified atom stereocenters. The second-order valence-electron chi connectivity index (χ2n) is 3.92. The van der Waals surface area contributed by atoms with Crippen molar-refractivity contribution in [3.63, 3.8) is 0 Å². The number of aromatic nitrogens is 2. The number of carbonyl (C=O) groups is 1. The van der Waals surface area contributed by atoms with Crippen molar-refractivity contribution in [2.75, 3.05) is 6.54 Å². The zero-order valence-corrected chi connectivity index (χ0v) is 10.8. The first-order valence-electron chi connectivity index (χ1n) is 5.13. The molecule has 5 nitrogen and oxygen atoms in total. The molecule has 0 atom stereocenters. The van der Waals surface area contributed by atoms with E-state index in [1.807, 2.05) is 22.6 Å². The third-order valence-corrected chi connectivity index (χ3v) is 3.20. The molecule has 1 fully saturated rings. The Kier molecular flexibility index (Phi) is 3.57. The van der Waals surface area contributed by atoms with E-state index in [4.69, 9.17) is 0 Å². The molecule has 0 bridgehead atoms. The van der Waals surface area contributed by atoms with Crippen molar-refractivity contribution in [1.82, 2.24) is 14.9 Å². The standard InChI is InChI=1S/C10H12IN3O2/c11-8-4-12-6-14(10(8)16)5-9(15)13-3-7-1-2-7/h4,6-7H,1-3,5H2,(H,13,15). The minimum atomic E-state index is -0.169. The second-order valence-corrected chi connectivity index (χ2v) is 5.08. The van der Waals surface area contributed by atoms with Crippen LogP contribution in [0.15, 0.2) is 17.3 Å². The van der Waals surface area contributed by atoms with Gasteiger partial charge in [-0.1, -0.05) is 0 Å². The maximum atomic E-state index is 11.6. The Hall–Kier alpha value is -0.920. The van der Waals surface area contributed by atoms with Gasteiger partial charge in [-0.05, 0) is 41.4 Å². The SMILES string of the molecule is O=C(Cn1cncc(I)c1=O)NCC1CC1. The molecule has 6 heteroatoms. The average molecular weight is 333 g/mol. The van der Waals surface area contributed by atoms with Crippen LogP contribution < -0.4 is 10.9 Å². The molecular weight excluding hydrogens is 321 g/mol. The van der Waals surface area contributed by atoms with Crippen LogP contribution in [0.5, 0.6) is 0 Å². The molecule has 1 aromatic rings. The molecule has 1 aliphatic carbocycles. The van der Waals surface area contributed by atoms with Gasteiger partial charge in [-0.2, -0.15) is 0 Å². The number of nitrogens with one attached hydrogen (secondary N) is 1. The minimum Gasteiger partial charge on any atom is -0.354 e. The molecule has 2 rings (SSSR count). The fourth-order valence-electron chi connectivity index (χ4n) is 1.33. The zero-order chi connectivity index (χ0) is 11.5. The van der Waals surface area contributed by atoms with E-state index in [-0.39, 0.29) is 18.0 Å². The highest BCUT2D eigenvalue weighted by Gasteiger charge is 2.21. The second kappa shape index (κ2) is 4.94. The fourth-order valence-corrected chi connectivity index (χ4v) is 1.80. The molecular formula is C10H12IN3O2. The molecule has 1 amide bonds. The average Bonchev–Trinajstić information content (AvgIpc) is 3.06. The minimum absolute atomic E-state index is 0.0510. The van der Waals surface area contributed by atoms with E-state index in [0.717, 1.165) is 6.54 Å². The van der Waals surface area contributed by atoms with Gasteiger partial charge in [-0.3, -0.25) is 14.2 Å². The maximum Gasteiger partial charge on any atom is 0.267 e. The van der Waals surface area contributed by atoms with Crippen molar-refractivity contribution in [2.45, 2.75) is 19.4 Å². The van der Waals surface area contributed by atoms with Gasteiger partial charge in [0.05, 0.1) is 9.90 Å². The molecule has 1 saturated carbocycles. The summed E-state index contributed by atoms with van der Waals surface area (Å²) in [5, 5.41) is 2.81. The van der Waals surface area contributed by atoms with Gasteiger partial charge in [-0.25, -0.2) is 4.98 Å². The highest BCUT2D eigenvalue weighted by Crippen LogP contribution is 2.27. The molecule has 1 aromatic heterocycles. The summed E-state index contributed by atoms with van der Waals surface area (Å²) in [6.07, 6.45) is 5.28. The van der Waals surface area contributed by atoms with Gasteiger partial charge in [0.2, 0.25) is 5.91 Å². The Bertz CT molecular complexity index is 454. The molecule has 0 aromatic carbocycles. The highest BCUT2D eigenvalue weighted by molar-refractivity contribution is 14.1. The summed E-state index contributed by atoms with van der Waals surface area (Å²) < 4.78 is 1.85. The highest BCUT2D eigenvalue weighted by atomic mass is 127. The number of nitrogens with zero attached hydrogens (tertiary/aromatic N) is 2. The molecule has 0 spiro atoms. The smallest absolute Gasteiger partial charge is 0.267 e. The van der Waals surface area contributed by atoms with E-state index in [1.165, 1.54) is 29.9 Å². The predicted molar refractivity (Wildman–Crippen MR) is 66.9 cm³/mol. The summed E-state index contributed by atoms with van der Waals surface area (Å²) in [4.78, 5) is 27.0. The summed E-state index contributed by atoms with van der Waals surface area (Å²) in [6.45, 7) is 0.778. The molecule has 0 radical (unpaired) electrons. The summed E-state index contributed by atoms with van der Waals surface area (Å²) in [5.74, 6) is 0.521. The number of rotatable bonds is 4. The molecule has 1 aliphatic rings. The lowest BCUT2D eigenvalue weighted by Gasteiger charge is -2.06. The van der Waals surface area contributed by atoms with E-state index in [9.17, 15) is 9.59 Å². The van der Waals surface area contributed by atoms with E-state index in [2.05, 4.69) is 10.3 Å². The third-order valence-electron chi connectivity index (χ3n) is 2.46. The van der Waals surface area contributed by atoms with E-state index in [1.54, 1.807) is 0 Å². The van der Waals surface area contributed by atoms with Crippen molar-refractivity contribution in [2.24, 2.45) is 5.92 Å². The van der Waals surface area contributed by atoms with Gasteiger partial charge in [-0.15, -0.1) is 0 Å². The Morgan fingerprint density at radius 3 is 3.06 bits per heavy atom. The van der Waals surface area contributed by atoms with Gasteiger partial charge in [0, 0.05) is 12.7 Å². The van der Waals surface area contributed by atoms with Crippen molar-refractivity contribution < 1.29 is 4.79 Å². The van der Waals surface area contributed by atoms with Crippen LogP contribution in [0.2, 0.25) is 0 Å². The Labute approximate surface area is 106 Å². The zero-order valence-electron chi connectivity index (χ0n) is 8.65. The Balaban J connectivity index is 1.94. The molecule has 1 heterocycles. The van der Waals surface area contributed by atoms with Gasteiger partial charge < -0.3 is 5.32 Å². The van der Waals surface area contributed by atoms with Crippen LogP contribution >= 0.6 is 22.6 Å². The topological polar surface area (TPSA) is 64.0 Å². The number of carbonyl (C=O) groups excluding carboxylic acids is 1. The molecule has 86 valence electrons. The number of hydrogen-bond donors (Lipinski definition) is 1. The van der Waals surface area contributed by atoms with Crippen LogP contribution in [-0.2, 0) is 11.3 Å². The normalized spacial score (nSPS) is 14.8. The van der Waals surface area contributed by atoms with Crippen molar-refractivity contribution in [3.8, 4) is 0 Å². The largest absolute Gasteiger partial charge is 0.354 e. The first-order chi connectivity index (χ1) is 7.66. The van der Waals surface area contributed by atoms with E-state index in [0.29, 0.717) is 9.49 Å². The molecule has 16 heavy (non-hydrogen) atoms. The monoisotopic (exact) mass is 333 g/mol. The first kappa shape index (κ1) is 11.6. The number of halogens is 1. The van der Waals surface area contributed by atoms with Gasteiger partial charge >= 0.3 is 0 Å². The van der Waals surface area contributed by atoms with Crippen molar-refractivity contribution in [3.05, 3.63) is 26.4 Å². The summed E-state index contributed by atoms with van der Waals surface area (Å²) in [6, 6.07) is 0. The van der Waals surface area contributed by atoms with Crippen LogP contribution in [0.1, 0.15) is 12.8 Å². The maximum absolute atomic E-state index is 11.6. The van der Waals surface area contributed by atoms with Crippen LogP contribution in [0.3, 0.4) is 0 Å². The van der Waals surface area contributed by atoms with E-state index < -0.39 is 0 Å². The van der Waals surface area contributed by atoms with Crippen LogP contribution in [0.4, 0.5) is 0 Å². The van der Waals surface area contributed by atoms with Crippen LogP contribution in [0, 0.1) is 9.49 Å². The van der Waals surface area contributed by atoms with E-state index >= 15 is 0 Å². The van der Waals surface area contributed by atoms with Crippen molar-refractivity contribution >= 4 is 28.5 Å². The summed E-state index contributed by atoms with van der Waals surface area (Å²) in [5.41, 5.74) is -0.169. The van der Waals surface area contributed by atoms with Crippen LogP contribution in [0.25, 0.3) is 0 Å². The third kappa shape index (κ3) is 3.03. The van der Waals surface area contributed by atoms with Gasteiger partial charge in [0.1, 0.15) is 6.54 Å². The van der Waals surface area contributed by atoms with Gasteiger partial charge in [0.25, 0.3) is 5.56 Å². The number of amides is 1. The first-order valence-corrected chi connectivity index (χ1v) is 6.21. The lowest BCUT2D eigenvalue weighted by Crippen LogP contribution is -2.34. The Morgan fingerprint density at radius 1 is 1.62 bits per heavy atom.